The summed E-state index contributed by atoms with van der Waals surface area (Å²) < 4.78 is 2.81. The highest BCUT2D eigenvalue weighted by Gasteiger charge is 2.28. The normalized spacial score (nSPS) is 24.8. The molecule has 2 unspecified atom stereocenters. The van der Waals surface area contributed by atoms with Crippen LogP contribution < -0.4 is 0 Å². The van der Waals surface area contributed by atoms with E-state index in [2.05, 4.69) is 22.9 Å². The minimum atomic E-state index is -0.837. The first-order valence-electron chi connectivity index (χ1n) is 6.24. The first-order chi connectivity index (χ1) is 8.13. The SMILES string of the molecule is CCC1CCCCC1n1cc(Br)cc1C(=O)O. The van der Waals surface area contributed by atoms with E-state index in [4.69, 9.17) is 0 Å². The molecule has 94 valence electrons. The maximum absolute atomic E-state index is 11.2. The van der Waals surface area contributed by atoms with Gasteiger partial charge in [-0.25, -0.2) is 4.79 Å². The molecule has 1 N–H and O–H groups in total. The smallest absolute Gasteiger partial charge is 0.352 e. The van der Waals surface area contributed by atoms with E-state index in [1.165, 1.54) is 19.3 Å². The summed E-state index contributed by atoms with van der Waals surface area (Å²) in [5.41, 5.74) is 0.405. The number of hydrogen-bond donors (Lipinski definition) is 1. The van der Waals surface area contributed by atoms with Gasteiger partial charge >= 0.3 is 5.97 Å². The van der Waals surface area contributed by atoms with Crippen molar-refractivity contribution in [2.75, 3.05) is 0 Å². The van der Waals surface area contributed by atoms with Crippen molar-refractivity contribution >= 4 is 21.9 Å². The Kier molecular flexibility index (Phi) is 3.92. The zero-order valence-electron chi connectivity index (χ0n) is 10.0. The molecule has 1 saturated carbocycles. The summed E-state index contributed by atoms with van der Waals surface area (Å²) in [6, 6.07) is 2.05. The molecule has 0 radical (unpaired) electrons. The summed E-state index contributed by atoms with van der Waals surface area (Å²) in [7, 11) is 0. The Labute approximate surface area is 110 Å². The van der Waals surface area contributed by atoms with Crippen LogP contribution in [0.25, 0.3) is 0 Å². The third kappa shape index (κ3) is 2.57. The zero-order chi connectivity index (χ0) is 12.4. The third-order valence-electron chi connectivity index (χ3n) is 3.78. The summed E-state index contributed by atoms with van der Waals surface area (Å²) in [5, 5.41) is 9.23. The fourth-order valence-corrected chi connectivity index (χ4v) is 3.36. The van der Waals surface area contributed by atoms with E-state index in [1.807, 2.05) is 10.8 Å². The standard InChI is InChI=1S/C13H18BrNO2/c1-2-9-5-3-4-6-11(9)15-8-10(14)7-12(15)13(16)17/h7-9,11H,2-6H2,1H3,(H,16,17). The summed E-state index contributed by atoms with van der Waals surface area (Å²) in [5.74, 6) is -0.225. The Morgan fingerprint density at radius 1 is 1.53 bits per heavy atom. The van der Waals surface area contributed by atoms with Gasteiger partial charge in [0, 0.05) is 16.7 Å². The maximum Gasteiger partial charge on any atom is 0.352 e. The van der Waals surface area contributed by atoms with E-state index >= 15 is 0 Å². The van der Waals surface area contributed by atoms with Crippen molar-refractivity contribution in [2.45, 2.75) is 45.1 Å². The maximum atomic E-state index is 11.2. The van der Waals surface area contributed by atoms with Crippen molar-refractivity contribution in [3.8, 4) is 0 Å². The highest BCUT2D eigenvalue weighted by Crippen LogP contribution is 2.37. The lowest BCUT2D eigenvalue weighted by Crippen LogP contribution is -2.24. The fraction of sp³-hybridized carbons (Fsp3) is 0.615. The van der Waals surface area contributed by atoms with Crippen molar-refractivity contribution in [3.63, 3.8) is 0 Å². The van der Waals surface area contributed by atoms with E-state index in [0.29, 0.717) is 17.7 Å². The third-order valence-corrected chi connectivity index (χ3v) is 4.22. The monoisotopic (exact) mass is 299 g/mol. The van der Waals surface area contributed by atoms with Crippen LogP contribution in [0.1, 0.15) is 55.6 Å². The van der Waals surface area contributed by atoms with E-state index in [9.17, 15) is 9.90 Å². The molecule has 1 heterocycles. The summed E-state index contributed by atoms with van der Waals surface area (Å²) in [6.07, 6.45) is 7.84. The van der Waals surface area contributed by atoms with Crippen LogP contribution in [0.4, 0.5) is 0 Å². The number of aromatic carboxylic acids is 1. The number of carbonyl (C=O) groups is 1. The van der Waals surface area contributed by atoms with Crippen LogP contribution in [0.5, 0.6) is 0 Å². The molecule has 0 aliphatic heterocycles. The molecule has 2 rings (SSSR count). The van der Waals surface area contributed by atoms with Crippen LogP contribution in [0.2, 0.25) is 0 Å². The average molecular weight is 300 g/mol. The lowest BCUT2D eigenvalue weighted by atomic mass is 9.82. The van der Waals surface area contributed by atoms with Gasteiger partial charge in [0.15, 0.2) is 0 Å². The predicted molar refractivity (Wildman–Crippen MR) is 70.4 cm³/mol. The quantitative estimate of drug-likeness (QED) is 0.913. The number of carboxylic acid groups (broad SMARTS) is 1. The number of halogens is 1. The molecular weight excluding hydrogens is 282 g/mol. The van der Waals surface area contributed by atoms with Gasteiger partial charge in [0.2, 0.25) is 0 Å². The molecule has 0 spiro atoms. The van der Waals surface area contributed by atoms with E-state index < -0.39 is 5.97 Å². The van der Waals surface area contributed by atoms with Gasteiger partial charge in [-0.1, -0.05) is 26.2 Å². The van der Waals surface area contributed by atoms with Crippen LogP contribution in [-0.4, -0.2) is 15.6 Å². The molecule has 1 aromatic heterocycles. The molecule has 17 heavy (non-hydrogen) atoms. The Hall–Kier alpha value is -0.770. The van der Waals surface area contributed by atoms with Crippen molar-refractivity contribution in [1.82, 2.24) is 4.57 Å². The number of hydrogen-bond acceptors (Lipinski definition) is 1. The van der Waals surface area contributed by atoms with Crippen LogP contribution in [0.3, 0.4) is 0 Å². The molecule has 4 heteroatoms. The summed E-state index contributed by atoms with van der Waals surface area (Å²) in [4.78, 5) is 11.2. The molecule has 0 aromatic carbocycles. The molecule has 0 saturated heterocycles. The Morgan fingerprint density at radius 2 is 2.24 bits per heavy atom. The minimum Gasteiger partial charge on any atom is -0.477 e. The Morgan fingerprint density at radius 3 is 2.88 bits per heavy atom. The predicted octanol–water partition coefficient (Wildman–Crippen LogP) is 4.09. The second kappa shape index (κ2) is 5.25. The van der Waals surface area contributed by atoms with Crippen LogP contribution >= 0.6 is 15.9 Å². The van der Waals surface area contributed by atoms with E-state index in [0.717, 1.165) is 17.3 Å². The van der Waals surface area contributed by atoms with Gasteiger partial charge in [0.25, 0.3) is 0 Å². The van der Waals surface area contributed by atoms with Crippen LogP contribution in [-0.2, 0) is 0 Å². The van der Waals surface area contributed by atoms with Crippen LogP contribution in [0, 0.1) is 5.92 Å². The van der Waals surface area contributed by atoms with Crippen molar-refractivity contribution in [1.29, 1.82) is 0 Å². The van der Waals surface area contributed by atoms with E-state index in [1.54, 1.807) is 6.07 Å². The molecule has 0 bridgehead atoms. The molecule has 2 atom stereocenters. The second-order valence-corrected chi connectivity index (χ2v) is 5.69. The van der Waals surface area contributed by atoms with Crippen molar-refractivity contribution in [3.05, 3.63) is 22.4 Å². The summed E-state index contributed by atoms with van der Waals surface area (Å²) >= 11 is 3.38. The van der Waals surface area contributed by atoms with Gasteiger partial charge in [0.05, 0.1) is 0 Å². The number of nitrogens with zero attached hydrogens (tertiary/aromatic N) is 1. The summed E-state index contributed by atoms with van der Waals surface area (Å²) in [6.45, 7) is 2.20. The van der Waals surface area contributed by atoms with Gasteiger partial charge in [-0.15, -0.1) is 0 Å². The molecule has 0 amide bonds. The van der Waals surface area contributed by atoms with Gasteiger partial charge in [-0.3, -0.25) is 0 Å². The Balaban J connectivity index is 2.34. The van der Waals surface area contributed by atoms with Gasteiger partial charge in [-0.05, 0) is 40.8 Å². The van der Waals surface area contributed by atoms with Crippen molar-refractivity contribution < 1.29 is 9.90 Å². The fourth-order valence-electron chi connectivity index (χ4n) is 2.92. The molecule has 1 aromatic rings. The van der Waals surface area contributed by atoms with E-state index in [-0.39, 0.29) is 0 Å². The highest BCUT2D eigenvalue weighted by atomic mass is 79.9. The minimum absolute atomic E-state index is 0.353. The van der Waals surface area contributed by atoms with Gasteiger partial charge in [0.1, 0.15) is 5.69 Å². The van der Waals surface area contributed by atoms with Crippen molar-refractivity contribution in [2.24, 2.45) is 5.92 Å². The number of rotatable bonds is 3. The molecule has 1 aliphatic rings. The number of carboxylic acids is 1. The first kappa shape index (κ1) is 12.7. The van der Waals surface area contributed by atoms with Gasteiger partial charge < -0.3 is 9.67 Å². The molecule has 3 nitrogen and oxygen atoms in total. The number of aromatic nitrogens is 1. The lowest BCUT2D eigenvalue weighted by molar-refractivity contribution is 0.0676. The van der Waals surface area contributed by atoms with Crippen LogP contribution in [0.15, 0.2) is 16.7 Å². The lowest BCUT2D eigenvalue weighted by Gasteiger charge is -2.32. The highest BCUT2D eigenvalue weighted by molar-refractivity contribution is 9.10. The second-order valence-electron chi connectivity index (χ2n) is 4.78. The molecule has 1 fully saturated rings. The molecule has 1 aliphatic carbocycles. The Bertz CT molecular complexity index is 414. The topological polar surface area (TPSA) is 42.2 Å². The largest absolute Gasteiger partial charge is 0.477 e. The zero-order valence-corrected chi connectivity index (χ0v) is 11.6. The average Bonchev–Trinajstić information content (AvgIpc) is 2.71. The van der Waals surface area contributed by atoms with Gasteiger partial charge in [-0.2, -0.15) is 0 Å². The molecular formula is C13H18BrNO2. The first-order valence-corrected chi connectivity index (χ1v) is 7.03.